The Morgan fingerprint density at radius 3 is 2.67 bits per heavy atom. The van der Waals surface area contributed by atoms with Crippen LogP contribution < -0.4 is 5.32 Å². The van der Waals surface area contributed by atoms with Crippen molar-refractivity contribution in [1.82, 2.24) is 0 Å². The number of carboxylic acids is 1. The number of carbonyl (C=O) groups is 2. The summed E-state index contributed by atoms with van der Waals surface area (Å²) in [5.41, 5.74) is 0.434. The molecule has 0 saturated heterocycles. The molecule has 1 saturated carbocycles. The van der Waals surface area contributed by atoms with Crippen molar-refractivity contribution in [2.75, 3.05) is 5.32 Å². The predicted molar refractivity (Wildman–Crippen MR) is 71.6 cm³/mol. The van der Waals surface area contributed by atoms with Gasteiger partial charge in [-0.15, -0.1) is 0 Å². The van der Waals surface area contributed by atoms with Crippen molar-refractivity contribution in [2.45, 2.75) is 19.8 Å². The maximum atomic E-state index is 12.0. The molecule has 0 heterocycles. The molecule has 2 N–H and O–H groups in total. The SMILES string of the molecule is CC(C(=O)Nc1c(Br)cccc1C(=O)O)C1CC1. The lowest BCUT2D eigenvalue weighted by molar-refractivity contribution is -0.119. The fourth-order valence-corrected chi connectivity index (χ4v) is 2.34. The minimum absolute atomic E-state index is 0.0706. The van der Waals surface area contributed by atoms with Crippen LogP contribution in [-0.2, 0) is 4.79 Å². The predicted octanol–water partition coefficient (Wildman–Crippen LogP) is 3.13. The van der Waals surface area contributed by atoms with E-state index in [0.717, 1.165) is 12.8 Å². The molecule has 1 aromatic rings. The molecule has 1 atom stereocenters. The zero-order valence-electron chi connectivity index (χ0n) is 9.94. The van der Waals surface area contributed by atoms with Gasteiger partial charge in [-0.2, -0.15) is 0 Å². The maximum Gasteiger partial charge on any atom is 0.337 e. The first kappa shape index (κ1) is 13.1. The standard InChI is InChI=1S/C13H14BrNO3/c1-7(8-5-6-8)12(16)15-11-9(13(17)18)3-2-4-10(11)14/h2-4,7-8H,5-6H2,1H3,(H,15,16)(H,17,18). The van der Waals surface area contributed by atoms with Crippen LogP contribution in [0, 0.1) is 11.8 Å². The van der Waals surface area contributed by atoms with Crippen LogP contribution in [0.25, 0.3) is 0 Å². The van der Waals surface area contributed by atoms with E-state index in [9.17, 15) is 9.59 Å². The molecule has 4 nitrogen and oxygen atoms in total. The van der Waals surface area contributed by atoms with Crippen LogP contribution in [-0.4, -0.2) is 17.0 Å². The molecule has 0 radical (unpaired) electrons. The number of hydrogen-bond acceptors (Lipinski definition) is 2. The Bertz CT molecular complexity index is 497. The molecular formula is C13H14BrNO3. The lowest BCUT2D eigenvalue weighted by Crippen LogP contribution is -2.23. The number of halogens is 1. The lowest BCUT2D eigenvalue weighted by atomic mass is 10.1. The second-order valence-corrected chi connectivity index (χ2v) is 5.44. The molecule has 18 heavy (non-hydrogen) atoms. The highest BCUT2D eigenvalue weighted by Gasteiger charge is 2.33. The van der Waals surface area contributed by atoms with Crippen LogP contribution in [0.4, 0.5) is 5.69 Å². The van der Waals surface area contributed by atoms with Crippen molar-refractivity contribution in [3.63, 3.8) is 0 Å². The summed E-state index contributed by atoms with van der Waals surface area (Å²) < 4.78 is 0.582. The van der Waals surface area contributed by atoms with E-state index < -0.39 is 5.97 Å². The van der Waals surface area contributed by atoms with E-state index in [-0.39, 0.29) is 17.4 Å². The summed E-state index contributed by atoms with van der Waals surface area (Å²) in [4.78, 5) is 23.1. The van der Waals surface area contributed by atoms with Crippen LogP contribution in [0.3, 0.4) is 0 Å². The Labute approximate surface area is 114 Å². The number of anilines is 1. The number of carbonyl (C=O) groups excluding carboxylic acids is 1. The molecule has 1 aromatic carbocycles. The van der Waals surface area contributed by atoms with Crippen molar-refractivity contribution in [3.8, 4) is 0 Å². The fraction of sp³-hybridized carbons (Fsp3) is 0.385. The summed E-state index contributed by atoms with van der Waals surface area (Å²) in [7, 11) is 0. The largest absolute Gasteiger partial charge is 0.478 e. The maximum absolute atomic E-state index is 12.0. The highest BCUT2D eigenvalue weighted by molar-refractivity contribution is 9.10. The quantitative estimate of drug-likeness (QED) is 0.897. The summed E-state index contributed by atoms with van der Waals surface area (Å²) in [6.45, 7) is 1.88. The molecule has 1 aliphatic carbocycles. The Morgan fingerprint density at radius 1 is 1.44 bits per heavy atom. The van der Waals surface area contributed by atoms with Gasteiger partial charge in [0, 0.05) is 10.4 Å². The number of rotatable bonds is 4. The molecule has 96 valence electrons. The topological polar surface area (TPSA) is 66.4 Å². The van der Waals surface area contributed by atoms with Crippen molar-refractivity contribution in [2.24, 2.45) is 11.8 Å². The first-order valence-electron chi connectivity index (χ1n) is 5.83. The number of amides is 1. The van der Waals surface area contributed by atoms with E-state index in [2.05, 4.69) is 21.2 Å². The van der Waals surface area contributed by atoms with Crippen molar-refractivity contribution >= 4 is 33.5 Å². The fourth-order valence-electron chi connectivity index (χ4n) is 1.88. The smallest absolute Gasteiger partial charge is 0.337 e. The van der Waals surface area contributed by atoms with Gasteiger partial charge in [0.05, 0.1) is 11.3 Å². The van der Waals surface area contributed by atoms with Crippen LogP contribution in [0.1, 0.15) is 30.1 Å². The number of aromatic carboxylic acids is 1. The molecule has 1 unspecified atom stereocenters. The Balaban J connectivity index is 2.22. The van der Waals surface area contributed by atoms with E-state index in [1.165, 1.54) is 6.07 Å². The molecule has 1 aliphatic rings. The molecule has 0 aromatic heterocycles. The van der Waals surface area contributed by atoms with Gasteiger partial charge >= 0.3 is 5.97 Å². The van der Waals surface area contributed by atoms with Crippen LogP contribution in [0.5, 0.6) is 0 Å². The average Bonchev–Trinajstić information content (AvgIpc) is 3.14. The van der Waals surface area contributed by atoms with Gasteiger partial charge in [-0.25, -0.2) is 4.79 Å². The van der Waals surface area contributed by atoms with Crippen LogP contribution in [0.15, 0.2) is 22.7 Å². The zero-order valence-corrected chi connectivity index (χ0v) is 11.5. The monoisotopic (exact) mass is 311 g/mol. The highest BCUT2D eigenvalue weighted by Crippen LogP contribution is 2.37. The first-order chi connectivity index (χ1) is 8.50. The third-order valence-corrected chi connectivity index (χ3v) is 3.90. The van der Waals surface area contributed by atoms with Crippen molar-refractivity contribution in [1.29, 1.82) is 0 Å². The minimum atomic E-state index is -1.05. The Hall–Kier alpha value is -1.36. The molecule has 2 rings (SSSR count). The van der Waals surface area contributed by atoms with Gasteiger partial charge in [0.15, 0.2) is 0 Å². The average molecular weight is 312 g/mol. The summed E-state index contributed by atoms with van der Waals surface area (Å²) in [6, 6.07) is 4.82. The lowest BCUT2D eigenvalue weighted by Gasteiger charge is -2.14. The molecule has 1 amide bonds. The summed E-state index contributed by atoms with van der Waals surface area (Å²) in [6.07, 6.45) is 2.16. The van der Waals surface area contributed by atoms with Crippen LogP contribution in [0.2, 0.25) is 0 Å². The highest BCUT2D eigenvalue weighted by atomic mass is 79.9. The molecule has 1 fully saturated rings. The summed E-state index contributed by atoms with van der Waals surface area (Å²) in [5.74, 6) is -0.794. The summed E-state index contributed by atoms with van der Waals surface area (Å²) in [5, 5.41) is 11.8. The van der Waals surface area contributed by atoms with Gasteiger partial charge in [0.25, 0.3) is 0 Å². The first-order valence-corrected chi connectivity index (χ1v) is 6.62. The zero-order chi connectivity index (χ0) is 13.3. The van der Waals surface area contributed by atoms with Gasteiger partial charge in [-0.05, 0) is 46.8 Å². The van der Waals surface area contributed by atoms with E-state index in [1.807, 2.05) is 6.92 Å². The number of hydrogen-bond donors (Lipinski definition) is 2. The van der Waals surface area contributed by atoms with Crippen molar-refractivity contribution in [3.05, 3.63) is 28.2 Å². The second kappa shape index (κ2) is 5.10. The van der Waals surface area contributed by atoms with Gasteiger partial charge in [0.2, 0.25) is 5.91 Å². The summed E-state index contributed by atoms with van der Waals surface area (Å²) >= 11 is 3.27. The third kappa shape index (κ3) is 2.72. The normalized spacial score (nSPS) is 16.1. The third-order valence-electron chi connectivity index (χ3n) is 3.23. The second-order valence-electron chi connectivity index (χ2n) is 4.58. The van der Waals surface area contributed by atoms with Gasteiger partial charge in [-0.1, -0.05) is 13.0 Å². The molecule has 0 spiro atoms. The number of carboxylic acid groups (broad SMARTS) is 1. The van der Waals surface area contributed by atoms with Gasteiger partial charge in [-0.3, -0.25) is 4.79 Å². The molecule has 5 heteroatoms. The van der Waals surface area contributed by atoms with Gasteiger partial charge in [0.1, 0.15) is 0 Å². The molecule has 0 bridgehead atoms. The van der Waals surface area contributed by atoms with Gasteiger partial charge < -0.3 is 10.4 Å². The van der Waals surface area contributed by atoms with E-state index >= 15 is 0 Å². The Kier molecular flexibility index (Phi) is 3.71. The molecule has 0 aliphatic heterocycles. The van der Waals surface area contributed by atoms with E-state index in [4.69, 9.17) is 5.11 Å². The molecular weight excluding hydrogens is 298 g/mol. The van der Waals surface area contributed by atoms with E-state index in [1.54, 1.807) is 12.1 Å². The van der Waals surface area contributed by atoms with Crippen molar-refractivity contribution < 1.29 is 14.7 Å². The van der Waals surface area contributed by atoms with Crippen LogP contribution >= 0.6 is 15.9 Å². The van der Waals surface area contributed by atoms with E-state index in [0.29, 0.717) is 16.1 Å². The Morgan fingerprint density at radius 2 is 2.11 bits per heavy atom. The minimum Gasteiger partial charge on any atom is -0.478 e. The number of para-hydroxylation sites is 1. The number of benzene rings is 1. The number of nitrogens with one attached hydrogen (secondary N) is 1.